The van der Waals surface area contributed by atoms with Gasteiger partial charge in [0.2, 0.25) is 0 Å². The van der Waals surface area contributed by atoms with Gasteiger partial charge in [0.15, 0.2) is 12.2 Å². The summed E-state index contributed by atoms with van der Waals surface area (Å²) < 4.78 is 67.8. The SMILES string of the molecule is CCCCCCCCCCCCCCCCC(=O)O[C@H](COC(=O)CCCCCCCCCC(C)C)COP(=O)(O)OC[C@@H](O)COP(=O)(O)OC[C@@H](COC(=O)CCCCCCCCC)OC(=O)CCCCCCCCCCCC. The van der Waals surface area contributed by atoms with Crippen molar-refractivity contribution in [1.82, 2.24) is 0 Å². The summed E-state index contributed by atoms with van der Waals surface area (Å²) in [6.45, 7) is 7.08. The largest absolute Gasteiger partial charge is 0.472 e. The van der Waals surface area contributed by atoms with Gasteiger partial charge in [-0.25, -0.2) is 9.13 Å². The summed E-state index contributed by atoms with van der Waals surface area (Å²) in [5.41, 5.74) is 0. The molecule has 0 aromatic heterocycles. The van der Waals surface area contributed by atoms with Crippen molar-refractivity contribution in [3.63, 3.8) is 0 Å². The van der Waals surface area contributed by atoms with Crippen LogP contribution in [0.15, 0.2) is 0 Å². The van der Waals surface area contributed by atoms with Crippen LogP contribution in [0.25, 0.3) is 0 Å². The Labute approximate surface area is 492 Å². The van der Waals surface area contributed by atoms with Crippen LogP contribution in [0.5, 0.6) is 0 Å². The smallest absolute Gasteiger partial charge is 0.462 e. The highest BCUT2D eigenvalue weighted by atomic mass is 31.2. The normalized spacial score (nSPS) is 14.3. The Morgan fingerprint density at radius 1 is 0.333 bits per heavy atom. The van der Waals surface area contributed by atoms with E-state index in [0.717, 1.165) is 109 Å². The van der Waals surface area contributed by atoms with Gasteiger partial charge in [0, 0.05) is 25.7 Å². The molecule has 2 unspecified atom stereocenters. The van der Waals surface area contributed by atoms with E-state index < -0.39 is 97.5 Å². The van der Waals surface area contributed by atoms with Crippen LogP contribution in [0.1, 0.15) is 311 Å². The number of ether oxygens (including phenoxy) is 4. The minimum absolute atomic E-state index is 0.106. The van der Waals surface area contributed by atoms with E-state index in [2.05, 4.69) is 34.6 Å². The summed E-state index contributed by atoms with van der Waals surface area (Å²) in [5, 5.41) is 10.5. The van der Waals surface area contributed by atoms with Crippen LogP contribution in [0.2, 0.25) is 0 Å². The molecular weight excluding hydrogens is 1080 g/mol. The molecule has 0 amide bonds. The molecule has 0 bridgehead atoms. The van der Waals surface area contributed by atoms with E-state index >= 15 is 0 Å². The Balaban J connectivity index is 5.21. The molecule has 0 spiro atoms. The third-order valence-electron chi connectivity index (χ3n) is 14.3. The molecule has 0 saturated carbocycles. The Morgan fingerprint density at radius 2 is 0.568 bits per heavy atom. The summed E-state index contributed by atoms with van der Waals surface area (Å²) in [7, 11) is -9.88. The molecule has 0 aromatic rings. The van der Waals surface area contributed by atoms with Gasteiger partial charge in [-0.1, -0.05) is 259 Å². The Bertz CT molecular complexity index is 1580. The second-order valence-corrected chi connectivity index (χ2v) is 25.8. The van der Waals surface area contributed by atoms with Gasteiger partial charge < -0.3 is 33.8 Å². The number of esters is 4. The van der Waals surface area contributed by atoms with E-state index in [1.54, 1.807) is 0 Å². The summed E-state index contributed by atoms with van der Waals surface area (Å²) in [6.07, 6.45) is 39.1. The highest BCUT2D eigenvalue weighted by Gasteiger charge is 2.30. The van der Waals surface area contributed by atoms with E-state index in [1.807, 2.05) is 0 Å². The summed E-state index contributed by atoms with van der Waals surface area (Å²) in [5.74, 6) is -1.43. The Morgan fingerprint density at radius 3 is 0.840 bits per heavy atom. The first-order chi connectivity index (χ1) is 39.0. The molecule has 81 heavy (non-hydrogen) atoms. The van der Waals surface area contributed by atoms with Crippen LogP contribution < -0.4 is 0 Å². The van der Waals surface area contributed by atoms with E-state index in [-0.39, 0.29) is 25.7 Å². The van der Waals surface area contributed by atoms with Crippen LogP contribution in [0.3, 0.4) is 0 Å². The van der Waals surface area contributed by atoms with Crippen molar-refractivity contribution in [3.05, 3.63) is 0 Å². The number of unbranched alkanes of at least 4 members (excludes halogenated alkanes) is 34. The molecule has 3 N–H and O–H groups in total. The first-order valence-corrected chi connectivity index (χ1v) is 35.6. The number of carbonyl (C=O) groups is 4. The first kappa shape index (κ1) is 79.1. The predicted molar refractivity (Wildman–Crippen MR) is 322 cm³/mol. The molecule has 0 rings (SSSR count). The van der Waals surface area contributed by atoms with Gasteiger partial charge in [-0.05, 0) is 31.6 Å². The Kier molecular flexibility index (Phi) is 54.6. The number of hydrogen-bond donors (Lipinski definition) is 3. The monoisotopic (exact) mass is 1200 g/mol. The number of aliphatic hydroxyl groups is 1. The fraction of sp³-hybridized carbons (Fsp3) is 0.935. The molecule has 0 radical (unpaired) electrons. The average molecular weight is 1200 g/mol. The highest BCUT2D eigenvalue weighted by Crippen LogP contribution is 2.45. The van der Waals surface area contributed by atoms with Gasteiger partial charge in [-0.3, -0.25) is 37.3 Å². The zero-order valence-corrected chi connectivity index (χ0v) is 53.7. The van der Waals surface area contributed by atoms with Crippen molar-refractivity contribution >= 4 is 39.5 Å². The summed E-state index contributed by atoms with van der Waals surface area (Å²) >= 11 is 0. The lowest BCUT2D eigenvalue weighted by atomic mass is 10.0. The van der Waals surface area contributed by atoms with Crippen LogP contribution in [-0.4, -0.2) is 96.7 Å². The predicted octanol–water partition coefficient (Wildman–Crippen LogP) is 17.0. The molecule has 17 nitrogen and oxygen atoms in total. The minimum atomic E-state index is -4.94. The number of hydrogen-bond acceptors (Lipinski definition) is 15. The quantitative estimate of drug-likeness (QED) is 0.0222. The molecule has 5 atom stereocenters. The van der Waals surface area contributed by atoms with Crippen molar-refractivity contribution in [2.45, 2.75) is 329 Å². The van der Waals surface area contributed by atoms with Gasteiger partial charge in [0.1, 0.15) is 19.3 Å². The van der Waals surface area contributed by atoms with Crippen molar-refractivity contribution < 1.29 is 80.2 Å². The maximum Gasteiger partial charge on any atom is 0.472 e. The fourth-order valence-electron chi connectivity index (χ4n) is 9.23. The molecular formula is C62H120O17P2. The molecule has 0 fully saturated rings. The topological polar surface area (TPSA) is 237 Å². The number of phosphoric acid groups is 2. The molecule has 19 heteroatoms. The van der Waals surface area contributed by atoms with E-state index in [1.165, 1.54) is 116 Å². The van der Waals surface area contributed by atoms with Gasteiger partial charge in [0.25, 0.3) is 0 Å². The van der Waals surface area contributed by atoms with E-state index in [0.29, 0.717) is 31.6 Å². The molecule has 0 saturated heterocycles. The van der Waals surface area contributed by atoms with E-state index in [4.69, 9.17) is 37.0 Å². The van der Waals surface area contributed by atoms with Gasteiger partial charge in [-0.2, -0.15) is 0 Å². The number of carbonyl (C=O) groups excluding carboxylic acids is 4. The zero-order valence-electron chi connectivity index (χ0n) is 51.9. The van der Waals surface area contributed by atoms with Crippen molar-refractivity contribution in [1.29, 1.82) is 0 Å². The number of aliphatic hydroxyl groups excluding tert-OH is 1. The highest BCUT2D eigenvalue weighted by molar-refractivity contribution is 7.47. The number of rotatable bonds is 62. The second-order valence-electron chi connectivity index (χ2n) is 22.9. The van der Waals surface area contributed by atoms with Crippen LogP contribution in [-0.2, 0) is 65.4 Å². The first-order valence-electron chi connectivity index (χ1n) is 32.6. The third-order valence-corrected chi connectivity index (χ3v) is 16.2. The van der Waals surface area contributed by atoms with Crippen molar-refractivity contribution in [2.75, 3.05) is 39.6 Å². The summed E-state index contributed by atoms with van der Waals surface area (Å²) in [6, 6.07) is 0. The van der Waals surface area contributed by atoms with E-state index in [9.17, 15) is 43.2 Å². The molecule has 0 aliphatic rings. The lowest BCUT2D eigenvalue weighted by Crippen LogP contribution is -2.30. The third kappa shape index (κ3) is 56.9. The van der Waals surface area contributed by atoms with Crippen molar-refractivity contribution in [3.8, 4) is 0 Å². The molecule has 0 heterocycles. The van der Waals surface area contributed by atoms with Gasteiger partial charge in [0.05, 0.1) is 26.4 Å². The van der Waals surface area contributed by atoms with Crippen molar-refractivity contribution in [2.24, 2.45) is 5.92 Å². The second kappa shape index (κ2) is 55.9. The molecule has 0 aromatic carbocycles. The maximum atomic E-state index is 12.9. The van der Waals surface area contributed by atoms with Gasteiger partial charge >= 0.3 is 39.5 Å². The zero-order chi connectivity index (χ0) is 59.9. The molecule has 480 valence electrons. The minimum Gasteiger partial charge on any atom is -0.462 e. The Hall–Kier alpha value is -1.94. The number of phosphoric ester groups is 2. The standard InChI is InChI=1S/C62H120O17P2/c1-6-9-12-15-18-20-22-23-24-25-27-32-38-43-48-62(67)79-58(52-73-60(65)46-41-36-33-28-30-34-39-44-55(4)5)54-77-81(70,71)75-50-56(63)49-74-80(68,69)76-53-57(51-72-59(64)45-40-35-29-17-14-11-8-3)78-61(66)47-42-37-31-26-21-19-16-13-10-7-2/h55-58,63H,6-54H2,1-5H3,(H,68,69)(H,70,71)/t56-,57+,58+/m0/s1. The van der Waals surface area contributed by atoms with Crippen LogP contribution in [0, 0.1) is 5.92 Å². The molecule has 0 aliphatic carbocycles. The summed E-state index contributed by atoms with van der Waals surface area (Å²) in [4.78, 5) is 72.0. The maximum absolute atomic E-state index is 12.9. The lowest BCUT2D eigenvalue weighted by molar-refractivity contribution is -0.161. The average Bonchev–Trinajstić information content (AvgIpc) is 3.43. The lowest BCUT2D eigenvalue weighted by Gasteiger charge is -2.21. The van der Waals surface area contributed by atoms with Crippen LogP contribution >= 0.6 is 15.6 Å². The van der Waals surface area contributed by atoms with Gasteiger partial charge in [-0.15, -0.1) is 0 Å². The fourth-order valence-corrected chi connectivity index (χ4v) is 10.8. The van der Waals surface area contributed by atoms with Crippen LogP contribution in [0.4, 0.5) is 0 Å². The molecule has 0 aliphatic heterocycles.